The lowest BCUT2D eigenvalue weighted by atomic mass is 9.84. The fourth-order valence-electron chi connectivity index (χ4n) is 3.63. The molecule has 1 aromatic heterocycles. The van der Waals surface area contributed by atoms with Crippen molar-refractivity contribution in [2.45, 2.75) is 32.2 Å². The van der Waals surface area contributed by atoms with Crippen LogP contribution in [0.5, 0.6) is 0 Å². The summed E-state index contributed by atoms with van der Waals surface area (Å²) in [6.45, 7) is 1.68. The Labute approximate surface area is 119 Å². The van der Waals surface area contributed by atoms with E-state index in [1.165, 1.54) is 28.6 Å². The van der Waals surface area contributed by atoms with Gasteiger partial charge in [-0.25, -0.2) is 0 Å². The van der Waals surface area contributed by atoms with E-state index in [0.29, 0.717) is 11.8 Å². The number of aryl methyl sites for hydroxylation is 1. The number of fused-ring (bicyclic) bond motifs is 3. The van der Waals surface area contributed by atoms with Gasteiger partial charge in [-0.1, -0.05) is 24.6 Å². The SMILES string of the molecule is Cn1c2c(c3ccccc31)CN(C(=O)C1CCC1)CC2. The topological polar surface area (TPSA) is 25.2 Å². The summed E-state index contributed by atoms with van der Waals surface area (Å²) in [7, 11) is 2.14. The second-order valence-corrected chi connectivity index (χ2v) is 6.14. The third-order valence-corrected chi connectivity index (χ3v) is 5.08. The zero-order valence-electron chi connectivity index (χ0n) is 11.9. The predicted octanol–water partition coefficient (Wildman–Crippen LogP) is 2.86. The lowest BCUT2D eigenvalue weighted by molar-refractivity contribution is -0.139. The highest BCUT2D eigenvalue weighted by molar-refractivity contribution is 5.87. The van der Waals surface area contributed by atoms with Crippen LogP contribution in [0.25, 0.3) is 10.9 Å². The molecule has 2 aliphatic rings. The molecule has 0 atom stereocenters. The summed E-state index contributed by atoms with van der Waals surface area (Å²) in [5.41, 5.74) is 4.06. The average molecular weight is 268 g/mol. The molecule has 104 valence electrons. The second-order valence-electron chi connectivity index (χ2n) is 6.14. The number of amides is 1. The minimum atomic E-state index is 0.312. The van der Waals surface area contributed by atoms with E-state index in [1.807, 2.05) is 0 Å². The summed E-state index contributed by atoms with van der Waals surface area (Å²) < 4.78 is 2.30. The van der Waals surface area contributed by atoms with Crippen molar-refractivity contribution < 1.29 is 4.79 Å². The molecule has 1 aliphatic heterocycles. The average Bonchev–Trinajstić information content (AvgIpc) is 2.71. The number of rotatable bonds is 1. The Morgan fingerprint density at radius 3 is 2.80 bits per heavy atom. The normalized spacial score (nSPS) is 18.9. The van der Waals surface area contributed by atoms with Crippen LogP contribution in [0.1, 0.15) is 30.5 Å². The smallest absolute Gasteiger partial charge is 0.225 e. The Kier molecular flexibility index (Phi) is 2.62. The highest BCUT2D eigenvalue weighted by Crippen LogP contribution is 2.33. The molecule has 3 nitrogen and oxygen atoms in total. The van der Waals surface area contributed by atoms with Gasteiger partial charge in [0.1, 0.15) is 0 Å². The molecule has 0 bridgehead atoms. The van der Waals surface area contributed by atoms with Crippen LogP contribution in [0.4, 0.5) is 0 Å². The van der Waals surface area contributed by atoms with E-state index in [2.05, 4.69) is 40.8 Å². The van der Waals surface area contributed by atoms with Crippen LogP contribution in [0.15, 0.2) is 24.3 Å². The number of benzene rings is 1. The van der Waals surface area contributed by atoms with Crippen LogP contribution in [-0.4, -0.2) is 21.9 Å². The van der Waals surface area contributed by atoms with E-state index in [4.69, 9.17) is 0 Å². The van der Waals surface area contributed by atoms with E-state index in [1.54, 1.807) is 0 Å². The minimum Gasteiger partial charge on any atom is -0.347 e. The van der Waals surface area contributed by atoms with Gasteiger partial charge in [-0.15, -0.1) is 0 Å². The van der Waals surface area contributed by atoms with E-state index in [0.717, 1.165) is 32.4 Å². The molecular weight excluding hydrogens is 248 g/mol. The van der Waals surface area contributed by atoms with Gasteiger partial charge < -0.3 is 9.47 Å². The fourth-order valence-corrected chi connectivity index (χ4v) is 3.63. The lowest BCUT2D eigenvalue weighted by Crippen LogP contribution is -2.41. The van der Waals surface area contributed by atoms with E-state index in [9.17, 15) is 4.79 Å². The Hall–Kier alpha value is -1.77. The van der Waals surface area contributed by atoms with E-state index < -0.39 is 0 Å². The van der Waals surface area contributed by atoms with Crippen molar-refractivity contribution in [2.75, 3.05) is 6.54 Å². The zero-order valence-corrected chi connectivity index (χ0v) is 11.9. The largest absolute Gasteiger partial charge is 0.347 e. The molecule has 4 rings (SSSR count). The number of nitrogens with zero attached hydrogens (tertiary/aromatic N) is 2. The molecule has 1 amide bonds. The lowest BCUT2D eigenvalue weighted by Gasteiger charge is -2.34. The van der Waals surface area contributed by atoms with Gasteiger partial charge in [0.25, 0.3) is 0 Å². The Morgan fingerprint density at radius 1 is 1.25 bits per heavy atom. The fraction of sp³-hybridized carbons (Fsp3) is 0.471. The van der Waals surface area contributed by atoms with Gasteiger partial charge in [0.15, 0.2) is 0 Å². The molecule has 0 saturated heterocycles. The number of para-hydroxylation sites is 1. The number of aromatic nitrogens is 1. The second kappa shape index (κ2) is 4.37. The Bertz CT molecular complexity index is 682. The molecule has 1 aromatic carbocycles. The van der Waals surface area contributed by atoms with E-state index >= 15 is 0 Å². The molecule has 1 saturated carbocycles. The first kappa shape index (κ1) is 12.0. The molecule has 20 heavy (non-hydrogen) atoms. The van der Waals surface area contributed by atoms with Crippen molar-refractivity contribution in [1.29, 1.82) is 0 Å². The minimum absolute atomic E-state index is 0.312. The number of hydrogen-bond donors (Lipinski definition) is 0. The third kappa shape index (κ3) is 1.62. The molecular formula is C17H20N2O. The van der Waals surface area contributed by atoms with Crippen LogP contribution in [-0.2, 0) is 24.8 Å². The summed E-state index contributed by atoms with van der Waals surface area (Å²) in [4.78, 5) is 14.5. The molecule has 0 N–H and O–H groups in total. The first-order valence-electron chi connectivity index (χ1n) is 7.59. The molecule has 1 fully saturated rings. The summed E-state index contributed by atoms with van der Waals surface area (Å²) >= 11 is 0. The van der Waals surface area contributed by atoms with Crippen molar-refractivity contribution in [2.24, 2.45) is 13.0 Å². The van der Waals surface area contributed by atoms with Gasteiger partial charge in [-0.05, 0) is 18.9 Å². The standard InChI is InChI=1S/C17H20N2O/c1-18-15-8-3-2-7-13(15)14-11-19(10-9-16(14)18)17(20)12-5-4-6-12/h2-3,7-8,12H,4-6,9-11H2,1H3. The van der Waals surface area contributed by atoms with Crippen molar-refractivity contribution >= 4 is 16.8 Å². The van der Waals surface area contributed by atoms with Gasteiger partial charge in [-0.3, -0.25) is 4.79 Å². The molecule has 0 radical (unpaired) electrons. The van der Waals surface area contributed by atoms with Gasteiger partial charge in [0.2, 0.25) is 5.91 Å². The maximum Gasteiger partial charge on any atom is 0.225 e. The summed E-state index contributed by atoms with van der Waals surface area (Å²) in [5.74, 6) is 0.696. The monoisotopic (exact) mass is 268 g/mol. The maximum atomic E-state index is 12.5. The summed E-state index contributed by atoms with van der Waals surface area (Å²) in [6.07, 6.45) is 4.40. The van der Waals surface area contributed by atoms with Crippen molar-refractivity contribution in [3.8, 4) is 0 Å². The number of carbonyl (C=O) groups excluding carboxylic acids is 1. The van der Waals surface area contributed by atoms with Crippen LogP contribution < -0.4 is 0 Å². The molecule has 1 aliphatic carbocycles. The van der Waals surface area contributed by atoms with Gasteiger partial charge in [0, 0.05) is 54.6 Å². The van der Waals surface area contributed by atoms with Crippen LogP contribution in [0, 0.1) is 5.92 Å². The summed E-state index contributed by atoms with van der Waals surface area (Å²) in [6, 6.07) is 8.54. The highest BCUT2D eigenvalue weighted by Gasteiger charge is 2.32. The predicted molar refractivity (Wildman–Crippen MR) is 79.4 cm³/mol. The first-order chi connectivity index (χ1) is 9.75. The van der Waals surface area contributed by atoms with Crippen LogP contribution in [0.2, 0.25) is 0 Å². The molecule has 2 heterocycles. The zero-order chi connectivity index (χ0) is 13.7. The Balaban J connectivity index is 1.71. The molecule has 0 unspecified atom stereocenters. The van der Waals surface area contributed by atoms with Crippen molar-refractivity contribution in [3.63, 3.8) is 0 Å². The maximum absolute atomic E-state index is 12.5. The first-order valence-corrected chi connectivity index (χ1v) is 7.59. The summed E-state index contributed by atoms with van der Waals surface area (Å²) in [5, 5.41) is 1.32. The number of carbonyl (C=O) groups is 1. The molecule has 0 spiro atoms. The molecule has 2 aromatic rings. The van der Waals surface area contributed by atoms with Crippen molar-refractivity contribution in [3.05, 3.63) is 35.5 Å². The van der Waals surface area contributed by atoms with E-state index in [-0.39, 0.29) is 0 Å². The van der Waals surface area contributed by atoms with Crippen LogP contribution >= 0.6 is 0 Å². The number of hydrogen-bond acceptors (Lipinski definition) is 1. The Morgan fingerprint density at radius 2 is 2.05 bits per heavy atom. The molecule has 3 heteroatoms. The van der Waals surface area contributed by atoms with Crippen molar-refractivity contribution in [1.82, 2.24) is 9.47 Å². The van der Waals surface area contributed by atoms with Gasteiger partial charge in [-0.2, -0.15) is 0 Å². The van der Waals surface area contributed by atoms with Gasteiger partial charge >= 0.3 is 0 Å². The third-order valence-electron chi connectivity index (χ3n) is 5.08. The quantitative estimate of drug-likeness (QED) is 0.780. The van der Waals surface area contributed by atoms with Crippen LogP contribution in [0.3, 0.4) is 0 Å². The van der Waals surface area contributed by atoms with Gasteiger partial charge in [0.05, 0.1) is 0 Å². The highest BCUT2D eigenvalue weighted by atomic mass is 16.2.